The molecule has 0 unspecified atom stereocenters. The van der Waals surface area contributed by atoms with Crippen molar-refractivity contribution in [2.45, 2.75) is 19.4 Å². The van der Waals surface area contributed by atoms with E-state index in [-0.39, 0.29) is 0 Å². The molecule has 0 spiro atoms. The summed E-state index contributed by atoms with van der Waals surface area (Å²) in [4.78, 5) is 14.8. The predicted molar refractivity (Wildman–Crippen MR) is 79.6 cm³/mol. The van der Waals surface area contributed by atoms with Gasteiger partial charge in [0.05, 0.1) is 17.4 Å². The molecule has 20 heavy (non-hydrogen) atoms. The summed E-state index contributed by atoms with van der Waals surface area (Å²) >= 11 is 0. The first-order valence-electron chi connectivity index (χ1n) is 6.78. The minimum absolute atomic E-state index is 0.492. The number of rotatable bonds is 5. The summed E-state index contributed by atoms with van der Waals surface area (Å²) < 4.78 is 2.18. The number of para-hydroxylation sites is 2. The first-order valence-corrected chi connectivity index (χ1v) is 6.78. The van der Waals surface area contributed by atoms with Gasteiger partial charge in [-0.2, -0.15) is 0 Å². The maximum Gasteiger partial charge on any atom is 0.124 e. The number of aryl methyl sites for hydroxylation is 2. The molecule has 0 saturated heterocycles. The normalized spacial score (nSPS) is 10.8. The SMILES string of the molecule is O=CCc1ccc(CCn2cnc3ccccc32)cc1. The van der Waals surface area contributed by atoms with Gasteiger partial charge >= 0.3 is 0 Å². The molecule has 100 valence electrons. The van der Waals surface area contributed by atoms with Gasteiger partial charge in [0, 0.05) is 13.0 Å². The number of hydrogen-bond donors (Lipinski definition) is 0. The van der Waals surface area contributed by atoms with Gasteiger partial charge in [0.2, 0.25) is 0 Å². The van der Waals surface area contributed by atoms with Gasteiger partial charge in [-0.25, -0.2) is 4.98 Å². The zero-order valence-electron chi connectivity index (χ0n) is 11.2. The van der Waals surface area contributed by atoms with E-state index < -0.39 is 0 Å². The number of carbonyl (C=O) groups is 1. The van der Waals surface area contributed by atoms with Crippen molar-refractivity contribution in [1.82, 2.24) is 9.55 Å². The molecule has 1 heterocycles. The summed E-state index contributed by atoms with van der Waals surface area (Å²) in [5, 5.41) is 0. The lowest BCUT2D eigenvalue weighted by molar-refractivity contribution is -0.107. The van der Waals surface area contributed by atoms with Crippen LogP contribution >= 0.6 is 0 Å². The highest BCUT2D eigenvalue weighted by atomic mass is 16.1. The summed E-state index contributed by atoms with van der Waals surface area (Å²) in [6, 6.07) is 16.4. The van der Waals surface area contributed by atoms with E-state index in [1.54, 1.807) is 0 Å². The molecule has 0 aliphatic heterocycles. The maximum atomic E-state index is 10.5. The lowest BCUT2D eigenvalue weighted by Gasteiger charge is -2.05. The molecule has 0 aliphatic carbocycles. The first kappa shape index (κ1) is 12.6. The van der Waals surface area contributed by atoms with Crippen molar-refractivity contribution in [3.05, 3.63) is 66.0 Å². The highest BCUT2D eigenvalue weighted by molar-refractivity contribution is 5.74. The van der Waals surface area contributed by atoms with Crippen molar-refractivity contribution >= 4 is 17.3 Å². The van der Waals surface area contributed by atoms with Crippen LogP contribution in [0.3, 0.4) is 0 Å². The van der Waals surface area contributed by atoms with Gasteiger partial charge in [-0.15, -0.1) is 0 Å². The molecule has 0 atom stereocenters. The molecule has 0 aliphatic rings. The van der Waals surface area contributed by atoms with E-state index in [9.17, 15) is 4.79 Å². The van der Waals surface area contributed by atoms with E-state index in [1.807, 2.05) is 36.7 Å². The van der Waals surface area contributed by atoms with Crippen molar-refractivity contribution in [1.29, 1.82) is 0 Å². The van der Waals surface area contributed by atoms with Crippen LogP contribution in [0, 0.1) is 0 Å². The topological polar surface area (TPSA) is 34.9 Å². The second-order valence-electron chi connectivity index (χ2n) is 4.86. The van der Waals surface area contributed by atoms with E-state index in [1.165, 1.54) is 11.1 Å². The molecule has 0 fully saturated rings. The molecule has 0 radical (unpaired) electrons. The molecule has 3 rings (SSSR count). The van der Waals surface area contributed by atoms with Crippen molar-refractivity contribution in [2.75, 3.05) is 0 Å². The Bertz CT molecular complexity index is 713. The van der Waals surface area contributed by atoms with Crippen LogP contribution in [0.4, 0.5) is 0 Å². The average Bonchev–Trinajstić information content (AvgIpc) is 2.90. The zero-order valence-corrected chi connectivity index (χ0v) is 11.2. The fourth-order valence-electron chi connectivity index (χ4n) is 2.38. The van der Waals surface area contributed by atoms with Crippen molar-refractivity contribution < 1.29 is 4.79 Å². The van der Waals surface area contributed by atoms with Crippen LogP contribution < -0.4 is 0 Å². The van der Waals surface area contributed by atoms with Crippen molar-refractivity contribution in [3.63, 3.8) is 0 Å². The van der Waals surface area contributed by atoms with Crippen LogP contribution in [0.2, 0.25) is 0 Å². The Morgan fingerprint density at radius 1 is 1.00 bits per heavy atom. The van der Waals surface area contributed by atoms with Gasteiger partial charge in [-0.1, -0.05) is 36.4 Å². The van der Waals surface area contributed by atoms with Gasteiger partial charge in [0.1, 0.15) is 6.29 Å². The van der Waals surface area contributed by atoms with Crippen molar-refractivity contribution in [2.24, 2.45) is 0 Å². The average molecular weight is 264 g/mol. The van der Waals surface area contributed by atoms with Crippen LogP contribution in [0.5, 0.6) is 0 Å². The lowest BCUT2D eigenvalue weighted by Crippen LogP contribution is -2.00. The predicted octanol–water partition coefficient (Wildman–Crippen LogP) is 3.02. The van der Waals surface area contributed by atoms with Crippen molar-refractivity contribution in [3.8, 4) is 0 Å². The van der Waals surface area contributed by atoms with Gasteiger partial charge in [0.25, 0.3) is 0 Å². The van der Waals surface area contributed by atoms with E-state index in [2.05, 4.69) is 27.8 Å². The Kier molecular flexibility index (Phi) is 3.59. The number of benzene rings is 2. The number of fused-ring (bicyclic) bond motifs is 1. The van der Waals surface area contributed by atoms with Crippen LogP contribution in [0.1, 0.15) is 11.1 Å². The Hall–Kier alpha value is -2.42. The first-order chi connectivity index (χ1) is 9.86. The number of hydrogen-bond acceptors (Lipinski definition) is 2. The van der Waals surface area contributed by atoms with Gasteiger partial charge in [-0.3, -0.25) is 0 Å². The monoisotopic (exact) mass is 264 g/mol. The Labute approximate surface area is 117 Å². The molecule has 2 aromatic carbocycles. The van der Waals surface area contributed by atoms with Crippen LogP contribution in [0.25, 0.3) is 11.0 Å². The third-order valence-corrected chi connectivity index (χ3v) is 3.51. The van der Waals surface area contributed by atoms with E-state index >= 15 is 0 Å². The number of aromatic nitrogens is 2. The second kappa shape index (κ2) is 5.70. The quantitative estimate of drug-likeness (QED) is 0.664. The van der Waals surface area contributed by atoms with E-state index in [4.69, 9.17) is 0 Å². The molecule has 0 N–H and O–H groups in total. The minimum atomic E-state index is 0.492. The summed E-state index contributed by atoms with van der Waals surface area (Å²) in [6.45, 7) is 0.910. The highest BCUT2D eigenvalue weighted by Crippen LogP contribution is 2.13. The fourth-order valence-corrected chi connectivity index (χ4v) is 2.38. The molecule has 0 bridgehead atoms. The van der Waals surface area contributed by atoms with Gasteiger partial charge in [-0.05, 0) is 29.7 Å². The number of aldehydes is 1. The molecular weight excluding hydrogens is 248 g/mol. The largest absolute Gasteiger partial charge is 0.330 e. The summed E-state index contributed by atoms with van der Waals surface area (Å²) in [5.41, 5.74) is 4.55. The highest BCUT2D eigenvalue weighted by Gasteiger charge is 2.01. The Morgan fingerprint density at radius 2 is 1.75 bits per heavy atom. The maximum absolute atomic E-state index is 10.5. The molecule has 0 saturated carbocycles. The van der Waals surface area contributed by atoms with Gasteiger partial charge in [0.15, 0.2) is 0 Å². The zero-order chi connectivity index (χ0) is 13.8. The third kappa shape index (κ3) is 2.62. The standard InChI is InChI=1S/C17H16N2O/c20-12-10-15-7-5-14(6-8-15)9-11-19-13-18-16-3-1-2-4-17(16)19/h1-8,12-13H,9-11H2. The fraction of sp³-hybridized carbons (Fsp3) is 0.176. The molecule has 0 amide bonds. The third-order valence-electron chi connectivity index (χ3n) is 3.51. The molecular formula is C17H16N2O. The summed E-state index contributed by atoms with van der Waals surface area (Å²) in [6.07, 6.45) is 4.28. The van der Waals surface area contributed by atoms with Crippen LogP contribution in [0.15, 0.2) is 54.9 Å². The number of nitrogens with zero attached hydrogens (tertiary/aromatic N) is 2. The Balaban J connectivity index is 1.71. The minimum Gasteiger partial charge on any atom is -0.330 e. The second-order valence-corrected chi connectivity index (χ2v) is 4.86. The summed E-state index contributed by atoms with van der Waals surface area (Å²) in [7, 11) is 0. The smallest absolute Gasteiger partial charge is 0.124 e. The Morgan fingerprint density at radius 3 is 2.55 bits per heavy atom. The lowest BCUT2D eigenvalue weighted by atomic mass is 10.1. The number of imidazole rings is 1. The molecule has 1 aromatic heterocycles. The van der Waals surface area contributed by atoms with Crippen LogP contribution in [-0.4, -0.2) is 15.8 Å². The van der Waals surface area contributed by atoms with E-state index in [0.717, 1.165) is 30.3 Å². The summed E-state index contributed by atoms with van der Waals surface area (Å²) in [5.74, 6) is 0. The van der Waals surface area contributed by atoms with E-state index in [0.29, 0.717) is 6.42 Å². The molecule has 3 nitrogen and oxygen atoms in total. The molecule has 3 aromatic rings. The van der Waals surface area contributed by atoms with Gasteiger partial charge < -0.3 is 9.36 Å². The van der Waals surface area contributed by atoms with Crippen LogP contribution in [-0.2, 0) is 24.2 Å². The number of carbonyl (C=O) groups excluding carboxylic acids is 1. The molecule has 3 heteroatoms.